The third-order valence-electron chi connectivity index (χ3n) is 3.85. The Balaban J connectivity index is 1.92. The summed E-state index contributed by atoms with van der Waals surface area (Å²) in [5, 5.41) is 2.83. The van der Waals surface area contributed by atoms with E-state index in [0.717, 1.165) is 16.8 Å². The first kappa shape index (κ1) is 20.9. The number of rotatable bonds is 9. The number of methoxy groups -OCH3 is 1. The van der Waals surface area contributed by atoms with Crippen LogP contribution in [0.15, 0.2) is 47.4 Å². The molecule has 0 aliphatic heterocycles. The lowest BCUT2D eigenvalue weighted by atomic mass is 10.1. The highest BCUT2D eigenvalue weighted by Crippen LogP contribution is 2.20. The minimum absolute atomic E-state index is 0.117. The number of para-hydroxylation sites is 1. The Morgan fingerprint density at radius 2 is 1.67 bits per heavy atom. The van der Waals surface area contributed by atoms with Gasteiger partial charge in [0.05, 0.1) is 11.5 Å². The Morgan fingerprint density at radius 3 is 2.26 bits per heavy atom. The topological polar surface area (TPSA) is 93.7 Å². The summed E-state index contributed by atoms with van der Waals surface area (Å²) in [6.07, 6.45) is 0. The fraction of sp³-hybridized carbons (Fsp3) is 0.316. The van der Waals surface area contributed by atoms with E-state index in [-0.39, 0.29) is 30.6 Å². The summed E-state index contributed by atoms with van der Waals surface area (Å²) >= 11 is 0. The van der Waals surface area contributed by atoms with E-state index in [0.29, 0.717) is 5.75 Å². The molecule has 2 aromatic rings. The van der Waals surface area contributed by atoms with Crippen LogP contribution in [0.4, 0.5) is 5.69 Å². The molecule has 0 heterocycles. The van der Waals surface area contributed by atoms with Crippen LogP contribution in [0.2, 0.25) is 0 Å². The fourth-order valence-electron chi connectivity index (χ4n) is 2.41. The number of amides is 1. The van der Waals surface area contributed by atoms with E-state index in [1.54, 1.807) is 0 Å². The predicted molar refractivity (Wildman–Crippen MR) is 104 cm³/mol. The van der Waals surface area contributed by atoms with Crippen molar-refractivity contribution in [1.29, 1.82) is 0 Å². The highest BCUT2D eigenvalue weighted by atomic mass is 32.2. The van der Waals surface area contributed by atoms with Gasteiger partial charge >= 0.3 is 0 Å². The van der Waals surface area contributed by atoms with Crippen molar-refractivity contribution < 1.29 is 22.7 Å². The maximum absolute atomic E-state index is 12.1. The number of carbonyl (C=O) groups is 1. The van der Waals surface area contributed by atoms with Gasteiger partial charge in [-0.3, -0.25) is 4.79 Å². The average Bonchev–Trinajstić information content (AvgIpc) is 2.64. The van der Waals surface area contributed by atoms with Crippen molar-refractivity contribution in [2.24, 2.45) is 0 Å². The molecular weight excluding hydrogens is 368 g/mol. The van der Waals surface area contributed by atoms with Gasteiger partial charge in [0.1, 0.15) is 5.75 Å². The van der Waals surface area contributed by atoms with Crippen molar-refractivity contribution in [2.45, 2.75) is 18.7 Å². The average molecular weight is 392 g/mol. The standard InChI is InChI=1S/C19H24N2O5S/c1-14-5-4-6-15(2)19(14)21-18(22)13-26-16-7-9-17(10-8-16)27(23,24)20-11-12-25-3/h4-10,20H,11-13H2,1-3H3,(H,21,22). The first-order valence-corrected chi connectivity index (χ1v) is 9.89. The summed E-state index contributed by atoms with van der Waals surface area (Å²) in [7, 11) is -2.10. The lowest BCUT2D eigenvalue weighted by Crippen LogP contribution is -2.27. The number of hydrogen-bond donors (Lipinski definition) is 2. The van der Waals surface area contributed by atoms with Crippen LogP contribution >= 0.6 is 0 Å². The molecule has 0 radical (unpaired) electrons. The minimum atomic E-state index is -3.60. The number of sulfonamides is 1. The van der Waals surface area contributed by atoms with Gasteiger partial charge in [0.25, 0.3) is 5.91 Å². The molecule has 27 heavy (non-hydrogen) atoms. The highest BCUT2D eigenvalue weighted by Gasteiger charge is 2.13. The van der Waals surface area contributed by atoms with E-state index in [2.05, 4.69) is 10.0 Å². The molecule has 2 rings (SSSR count). The van der Waals surface area contributed by atoms with Gasteiger partial charge in [-0.05, 0) is 49.2 Å². The molecule has 0 atom stereocenters. The largest absolute Gasteiger partial charge is 0.484 e. The molecule has 0 saturated carbocycles. The van der Waals surface area contributed by atoms with Crippen molar-refractivity contribution in [2.75, 3.05) is 32.2 Å². The van der Waals surface area contributed by atoms with Gasteiger partial charge in [-0.1, -0.05) is 18.2 Å². The van der Waals surface area contributed by atoms with Gasteiger partial charge in [0.15, 0.2) is 6.61 Å². The Kier molecular flexibility index (Phi) is 7.35. The van der Waals surface area contributed by atoms with Crippen LogP contribution in [-0.2, 0) is 19.6 Å². The summed E-state index contributed by atoms with van der Waals surface area (Å²) in [4.78, 5) is 12.2. The molecule has 7 nitrogen and oxygen atoms in total. The summed E-state index contributed by atoms with van der Waals surface area (Å²) in [6, 6.07) is 11.6. The molecule has 0 fully saturated rings. The minimum Gasteiger partial charge on any atom is -0.484 e. The highest BCUT2D eigenvalue weighted by molar-refractivity contribution is 7.89. The molecule has 0 saturated heterocycles. The first-order valence-electron chi connectivity index (χ1n) is 8.41. The molecule has 1 amide bonds. The second-order valence-corrected chi connectivity index (χ2v) is 7.73. The lowest BCUT2D eigenvalue weighted by Gasteiger charge is -2.12. The first-order chi connectivity index (χ1) is 12.8. The monoisotopic (exact) mass is 392 g/mol. The number of anilines is 1. The smallest absolute Gasteiger partial charge is 0.262 e. The normalized spacial score (nSPS) is 11.2. The van der Waals surface area contributed by atoms with E-state index >= 15 is 0 Å². The maximum atomic E-state index is 12.1. The van der Waals surface area contributed by atoms with Crippen molar-refractivity contribution in [1.82, 2.24) is 4.72 Å². The molecule has 2 aromatic carbocycles. The number of aryl methyl sites for hydroxylation is 2. The lowest BCUT2D eigenvalue weighted by molar-refractivity contribution is -0.118. The summed E-state index contributed by atoms with van der Waals surface area (Å²) in [5.41, 5.74) is 2.72. The van der Waals surface area contributed by atoms with Crippen molar-refractivity contribution in [3.05, 3.63) is 53.6 Å². The van der Waals surface area contributed by atoms with Gasteiger partial charge in [-0.25, -0.2) is 13.1 Å². The molecule has 0 aliphatic rings. The van der Waals surface area contributed by atoms with Crippen molar-refractivity contribution >= 4 is 21.6 Å². The second-order valence-electron chi connectivity index (χ2n) is 5.97. The van der Waals surface area contributed by atoms with Crippen LogP contribution in [0.3, 0.4) is 0 Å². The fourth-order valence-corrected chi connectivity index (χ4v) is 3.43. The Morgan fingerprint density at radius 1 is 1.04 bits per heavy atom. The van der Waals surface area contributed by atoms with Crippen LogP contribution < -0.4 is 14.8 Å². The summed E-state index contributed by atoms with van der Waals surface area (Å²) in [5.74, 6) is 0.118. The van der Waals surface area contributed by atoms with Gasteiger partial charge < -0.3 is 14.8 Å². The van der Waals surface area contributed by atoms with Gasteiger partial charge in [0, 0.05) is 19.3 Å². The zero-order valence-electron chi connectivity index (χ0n) is 15.6. The second kappa shape index (κ2) is 9.50. The maximum Gasteiger partial charge on any atom is 0.262 e. The van der Waals surface area contributed by atoms with Crippen LogP contribution in [0.25, 0.3) is 0 Å². The number of carbonyl (C=O) groups excluding carboxylic acids is 1. The van der Waals surface area contributed by atoms with Crippen molar-refractivity contribution in [3.8, 4) is 5.75 Å². The molecule has 8 heteroatoms. The summed E-state index contributed by atoms with van der Waals surface area (Å²) in [6.45, 7) is 4.14. The Bertz CT molecular complexity index is 859. The molecule has 0 unspecified atom stereocenters. The van der Waals surface area contributed by atoms with Gasteiger partial charge in [0.2, 0.25) is 10.0 Å². The van der Waals surface area contributed by atoms with Crippen LogP contribution in [0.1, 0.15) is 11.1 Å². The molecule has 146 valence electrons. The third-order valence-corrected chi connectivity index (χ3v) is 5.32. The molecule has 2 N–H and O–H groups in total. The number of nitrogens with one attached hydrogen (secondary N) is 2. The molecule has 0 aliphatic carbocycles. The predicted octanol–water partition coefficient (Wildman–Crippen LogP) is 2.25. The Hall–Kier alpha value is -2.42. The number of hydrogen-bond acceptors (Lipinski definition) is 5. The van der Waals surface area contributed by atoms with Crippen LogP contribution in [0.5, 0.6) is 5.75 Å². The molecule has 0 bridgehead atoms. The number of ether oxygens (including phenoxy) is 2. The molecule has 0 aromatic heterocycles. The van der Waals surface area contributed by atoms with E-state index in [4.69, 9.17) is 9.47 Å². The van der Waals surface area contributed by atoms with Gasteiger partial charge in [-0.15, -0.1) is 0 Å². The van der Waals surface area contributed by atoms with Crippen LogP contribution in [0, 0.1) is 13.8 Å². The van der Waals surface area contributed by atoms with Gasteiger partial charge in [-0.2, -0.15) is 0 Å². The van der Waals surface area contributed by atoms with E-state index < -0.39 is 10.0 Å². The van der Waals surface area contributed by atoms with Crippen LogP contribution in [-0.4, -0.2) is 41.2 Å². The SMILES string of the molecule is COCCNS(=O)(=O)c1ccc(OCC(=O)Nc2c(C)cccc2C)cc1. The molecule has 0 spiro atoms. The molecular formula is C19H24N2O5S. The number of benzene rings is 2. The third kappa shape index (κ3) is 6.06. The van der Waals surface area contributed by atoms with E-state index in [9.17, 15) is 13.2 Å². The summed E-state index contributed by atoms with van der Waals surface area (Å²) < 4.78 is 36.8. The van der Waals surface area contributed by atoms with E-state index in [1.165, 1.54) is 31.4 Å². The van der Waals surface area contributed by atoms with Crippen molar-refractivity contribution in [3.63, 3.8) is 0 Å². The van der Waals surface area contributed by atoms with E-state index in [1.807, 2.05) is 32.0 Å². The Labute approximate surface area is 159 Å². The zero-order valence-corrected chi connectivity index (χ0v) is 16.4. The quantitative estimate of drug-likeness (QED) is 0.639. The zero-order chi connectivity index (χ0) is 19.9.